The number of carbonyl (C=O) groups excluding carboxylic acids is 1. The van der Waals surface area contributed by atoms with E-state index in [0.717, 1.165) is 42.2 Å². The van der Waals surface area contributed by atoms with Gasteiger partial charge in [0.25, 0.3) is 0 Å². The number of piperazine rings is 1. The molecular formula is C19H26N4O3. The second-order valence-electron chi connectivity index (χ2n) is 6.56. The Kier molecular flexibility index (Phi) is 6.25. The monoisotopic (exact) mass is 358 g/mol. The third kappa shape index (κ3) is 4.83. The van der Waals surface area contributed by atoms with Crippen molar-refractivity contribution in [2.45, 2.75) is 26.6 Å². The molecule has 1 aliphatic heterocycles. The van der Waals surface area contributed by atoms with Crippen LogP contribution in [0.5, 0.6) is 0 Å². The molecule has 2 amide bonds. The third-order valence-corrected chi connectivity index (χ3v) is 4.56. The van der Waals surface area contributed by atoms with Gasteiger partial charge in [0, 0.05) is 45.9 Å². The first-order chi connectivity index (χ1) is 12.7. The zero-order valence-corrected chi connectivity index (χ0v) is 15.4. The maximum Gasteiger partial charge on any atom is 0.317 e. The van der Waals surface area contributed by atoms with Crippen LogP contribution in [0.2, 0.25) is 0 Å². The van der Waals surface area contributed by atoms with Crippen LogP contribution in [0.1, 0.15) is 22.6 Å². The highest BCUT2D eigenvalue weighted by molar-refractivity contribution is 5.74. The Morgan fingerprint density at radius 1 is 1.23 bits per heavy atom. The molecule has 1 fully saturated rings. The van der Waals surface area contributed by atoms with Crippen molar-refractivity contribution in [2.24, 2.45) is 0 Å². The molecule has 1 aliphatic rings. The van der Waals surface area contributed by atoms with Crippen LogP contribution in [0.25, 0.3) is 0 Å². The number of amides is 2. The van der Waals surface area contributed by atoms with Crippen molar-refractivity contribution in [1.29, 1.82) is 0 Å². The number of aryl methyl sites for hydroxylation is 1. The molecule has 0 bridgehead atoms. The number of urea groups is 1. The van der Waals surface area contributed by atoms with Gasteiger partial charge in [-0.15, -0.1) is 0 Å². The molecule has 2 aromatic rings. The minimum atomic E-state index is -0.0209. The fourth-order valence-electron chi connectivity index (χ4n) is 3.13. The lowest BCUT2D eigenvalue weighted by Gasteiger charge is -2.34. The molecule has 1 aromatic heterocycles. The van der Waals surface area contributed by atoms with Crippen LogP contribution in [0.4, 0.5) is 4.79 Å². The summed E-state index contributed by atoms with van der Waals surface area (Å²) in [6.07, 6.45) is 0. The van der Waals surface area contributed by atoms with Crippen molar-refractivity contribution < 1.29 is 14.1 Å². The van der Waals surface area contributed by atoms with Crippen molar-refractivity contribution in [1.82, 2.24) is 20.3 Å². The molecule has 0 radical (unpaired) electrons. The highest BCUT2D eigenvalue weighted by Crippen LogP contribution is 2.12. The van der Waals surface area contributed by atoms with E-state index < -0.39 is 0 Å². The van der Waals surface area contributed by atoms with Gasteiger partial charge in [-0.3, -0.25) is 4.90 Å². The zero-order chi connectivity index (χ0) is 18.4. The molecule has 0 aliphatic carbocycles. The maximum atomic E-state index is 12.4. The van der Waals surface area contributed by atoms with E-state index in [-0.39, 0.29) is 6.03 Å². The Morgan fingerprint density at radius 2 is 1.96 bits per heavy atom. The molecule has 0 saturated carbocycles. The summed E-state index contributed by atoms with van der Waals surface area (Å²) < 4.78 is 10.5. The Hall–Kier alpha value is -2.38. The summed E-state index contributed by atoms with van der Waals surface area (Å²) >= 11 is 0. The van der Waals surface area contributed by atoms with Gasteiger partial charge < -0.3 is 19.5 Å². The normalized spacial score (nSPS) is 15.2. The van der Waals surface area contributed by atoms with Crippen LogP contribution in [-0.2, 0) is 24.4 Å². The Labute approximate surface area is 153 Å². The number of nitrogens with zero attached hydrogens (tertiary/aromatic N) is 3. The Morgan fingerprint density at radius 3 is 2.62 bits per heavy atom. The topological polar surface area (TPSA) is 70.8 Å². The molecule has 140 valence electrons. The first kappa shape index (κ1) is 18.4. The largest absolute Gasteiger partial charge is 0.380 e. The zero-order valence-electron chi connectivity index (χ0n) is 15.4. The molecular weight excluding hydrogens is 332 g/mol. The van der Waals surface area contributed by atoms with Crippen LogP contribution >= 0.6 is 0 Å². The number of hydrogen-bond donors (Lipinski definition) is 1. The van der Waals surface area contributed by atoms with Crippen LogP contribution in [-0.4, -0.2) is 54.3 Å². The molecule has 0 spiro atoms. The van der Waals surface area contributed by atoms with Gasteiger partial charge in [0.1, 0.15) is 0 Å². The van der Waals surface area contributed by atoms with E-state index in [2.05, 4.69) is 15.4 Å². The summed E-state index contributed by atoms with van der Waals surface area (Å²) in [5.74, 6) is 0.871. The van der Waals surface area contributed by atoms with Gasteiger partial charge in [-0.05, 0) is 18.1 Å². The smallest absolute Gasteiger partial charge is 0.317 e. The highest BCUT2D eigenvalue weighted by atomic mass is 16.5. The molecule has 7 heteroatoms. The number of methoxy groups -OCH3 is 1. The van der Waals surface area contributed by atoms with E-state index in [1.807, 2.05) is 42.2 Å². The lowest BCUT2D eigenvalue weighted by molar-refractivity contribution is 0.127. The molecule has 0 atom stereocenters. The van der Waals surface area contributed by atoms with Crippen LogP contribution in [0.15, 0.2) is 34.9 Å². The van der Waals surface area contributed by atoms with Gasteiger partial charge in [0.15, 0.2) is 5.76 Å². The average Bonchev–Trinajstić information content (AvgIpc) is 3.06. The summed E-state index contributed by atoms with van der Waals surface area (Å²) in [5.41, 5.74) is 3.08. The highest BCUT2D eigenvalue weighted by Gasteiger charge is 2.22. The fourth-order valence-corrected chi connectivity index (χ4v) is 3.13. The number of rotatable bonds is 6. The number of ether oxygens (including phenoxy) is 1. The second kappa shape index (κ2) is 8.82. The standard InChI is InChI=1S/C19H26N4O3/c1-15-11-18(26-21-15)13-22-7-9-23(10-8-22)19(24)20-12-16-5-3-4-6-17(16)14-25-2/h3-6,11H,7-10,12-14H2,1-2H3,(H,20,24). The molecule has 1 saturated heterocycles. The SMILES string of the molecule is COCc1ccccc1CNC(=O)N1CCN(Cc2cc(C)no2)CC1. The van der Waals surface area contributed by atoms with E-state index >= 15 is 0 Å². The first-order valence-corrected chi connectivity index (χ1v) is 8.89. The van der Waals surface area contributed by atoms with Crippen LogP contribution < -0.4 is 5.32 Å². The predicted octanol–water partition coefficient (Wildman–Crippen LogP) is 2.16. The molecule has 0 unspecified atom stereocenters. The van der Waals surface area contributed by atoms with E-state index in [9.17, 15) is 4.79 Å². The average molecular weight is 358 g/mol. The predicted molar refractivity (Wildman–Crippen MR) is 97.5 cm³/mol. The van der Waals surface area contributed by atoms with E-state index in [1.165, 1.54) is 0 Å². The minimum Gasteiger partial charge on any atom is -0.380 e. The Bertz CT molecular complexity index is 723. The van der Waals surface area contributed by atoms with Gasteiger partial charge in [-0.1, -0.05) is 29.4 Å². The summed E-state index contributed by atoms with van der Waals surface area (Å²) in [5, 5.41) is 6.93. The summed E-state index contributed by atoms with van der Waals surface area (Å²) in [6.45, 7) is 6.78. The second-order valence-corrected chi connectivity index (χ2v) is 6.56. The molecule has 3 rings (SSSR count). The quantitative estimate of drug-likeness (QED) is 0.857. The van der Waals surface area contributed by atoms with Crippen molar-refractivity contribution >= 4 is 6.03 Å². The molecule has 26 heavy (non-hydrogen) atoms. The first-order valence-electron chi connectivity index (χ1n) is 8.89. The summed E-state index contributed by atoms with van der Waals surface area (Å²) in [7, 11) is 1.68. The summed E-state index contributed by atoms with van der Waals surface area (Å²) in [4.78, 5) is 16.6. The third-order valence-electron chi connectivity index (χ3n) is 4.56. The van der Waals surface area contributed by atoms with Gasteiger partial charge in [0.2, 0.25) is 0 Å². The van der Waals surface area contributed by atoms with Gasteiger partial charge in [-0.25, -0.2) is 4.79 Å². The number of hydrogen-bond acceptors (Lipinski definition) is 5. The fraction of sp³-hybridized carbons (Fsp3) is 0.474. The summed E-state index contributed by atoms with van der Waals surface area (Å²) in [6, 6.07) is 9.93. The van der Waals surface area contributed by atoms with Gasteiger partial charge >= 0.3 is 6.03 Å². The Balaban J connectivity index is 1.45. The van der Waals surface area contributed by atoms with E-state index in [0.29, 0.717) is 26.2 Å². The lowest BCUT2D eigenvalue weighted by Crippen LogP contribution is -2.51. The molecule has 2 heterocycles. The molecule has 7 nitrogen and oxygen atoms in total. The molecule has 1 aromatic carbocycles. The maximum absolute atomic E-state index is 12.4. The number of benzene rings is 1. The number of aromatic nitrogens is 1. The number of carbonyl (C=O) groups is 1. The van der Waals surface area contributed by atoms with Crippen LogP contribution in [0.3, 0.4) is 0 Å². The number of nitrogens with one attached hydrogen (secondary N) is 1. The minimum absolute atomic E-state index is 0.0209. The van der Waals surface area contributed by atoms with Crippen molar-refractivity contribution in [2.75, 3.05) is 33.3 Å². The van der Waals surface area contributed by atoms with Crippen LogP contribution in [0, 0.1) is 6.92 Å². The van der Waals surface area contributed by atoms with Gasteiger partial charge in [-0.2, -0.15) is 0 Å². The van der Waals surface area contributed by atoms with Gasteiger partial charge in [0.05, 0.1) is 18.8 Å². The van der Waals surface area contributed by atoms with Crippen molar-refractivity contribution in [3.63, 3.8) is 0 Å². The van der Waals surface area contributed by atoms with Crippen molar-refractivity contribution in [3.05, 3.63) is 52.9 Å². The van der Waals surface area contributed by atoms with E-state index in [4.69, 9.17) is 9.26 Å². The van der Waals surface area contributed by atoms with Crippen molar-refractivity contribution in [3.8, 4) is 0 Å². The lowest BCUT2D eigenvalue weighted by atomic mass is 10.1. The molecule has 1 N–H and O–H groups in total. The van der Waals surface area contributed by atoms with E-state index in [1.54, 1.807) is 7.11 Å².